The van der Waals surface area contributed by atoms with Gasteiger partial charge in [-0.2, -0.15) is 7.11 Å². The number of hydroxylamine groups is 2. The zero-order valence-corrected chi connectivity index (χ0v) is 97.3. The fourth-order valence-electron chi connectivity index (χ4n) is 13.3. The van der Waals surface area contributed by atoms with Crippen molar-refractivity contribution in [2.75, 3.05) is 47.4 Å². The number of pyridine rings is 5. The zero-order valence-electron chi connectivity index (χ0n) is 85.9. The minimum atomic E-state index is -0.735. The number of aldehydes is 1. The molecule has 2 amide bonds. The summed E-state index contributed by atoms with van der Waals surface area (Å²) >= 11 is 15.7. The number of aromatic nitrogens is 5. The number of azide groups is 3. The van der Waals surface area contributed by atoms with E-state index < -0.39 is 33.9 Å². The van der Waals surface area contributed by atoms with Gasteiger partial charge in [0, 0.05) is 88.0 Å². The molecule has 36 heteroatoms. The van der Waals surface area contributed by atoms with Crippen molar-refractivity contribution in [3.63, 3.8) is 0 Å². The van der Waals surface area contributed by atoms with Gasteiger partial charge in [-0.1, -0.05) is 341 Å². The number of nitrogens with zero attached hydrogens (tertiary/aromatic N) is 15. The van der Waals surface area contributed by atoms with Gasteiger partial charge >= 0.3 is 64.7 Å². The van der Waals surface area contributed by atoms with Crippen LogP contribution in [0.25, 0.3) is 97.9 Å². The molecule has 5 aromatic heterocycles. The van der Waals surface area contributed by atoms with Crippen LogP contribution in [0.2, 0.25) is 5.15 Å². The largest absolute Gasteiger partial charge is 2.00 e. The molecule has 0 saturated heterocycles. The molecule has 0 saturated carbocycles. The number of rotatable bonds is 23. The molecule has 0 spiro atoms. The number of Topliss-reactive ketones (excluding diaryl/α,β-unsaturated/α-hetero) is 1. The fourth-order valence-corrected chi connectivity index (χ4v) is 14.2. The van der Waals surface area contributed by atoms with Gasteiger partial charge in [0.15, 0.2) is 12.1 Å². The van der Waals surface area contributed by atoms with E-state index in [2.05, 4.69) is 135 Å². The third kappa shape index (κ3) is 42.4. The summed E-state index contributed by atoms with van der Waals surface area (Å²) < 4.78 is 23.8. The molecular weight excluding hydrogens is 2200 g/mol. The second kappa shape index (κ2) is 66.2. The van der Waals surface area contributed by atoms with Crippen molar-refractivity contribution in [3.8, 4) is 56.5 Å². The smallest absolute Gasteiger partial charge is 1.00 e. The first-order valence-electron chi connectivity index (χ1n) is 44.6. The maximum absolute atomic E-state index is 11.8. The maximum Gasteiger partial charge on any atom is 2.00 e. The van der Waals surface area contributed by atoms with Gasteiger partial charge < -0.3 is 53.6 Å². The number of halogens is 6. The van der Waals surface area contributed by atoms with Crippen molar-refractivity contribution in [1.29, 1.82) is 0 Å². The Labute approximate surface area is 950 Å². The van der Waals surface area contributed by atoms with Crippen LogP contribution in [0.3, 0.4) is 0 Å². The number of aliphatic hydroxyl groups is 1. The van der Waals surface area contributed by atoms with Crippen molar-refractivity contribution in [3.05, 3.63) is 429 Å². The van der Waals surface area contributed by atoms with E-state index in [-0.39, 0.29) is 123 Å². The van der Waals surface area contributed by atoms with Crippen LogP contribution in [0.15, 0.2) is 351 Å². The number of methoxy groups -OCH3 is 2. The Morgan fingerprint density at radius 3 is 1.18 bits per heavy atom. The molecule has 0 bridgehead atoms. The van der Waals surface area contributed by atoms with E-state index in [9.17, 15) is 29.1 Å². The molecule has 0 aliphatic rings. The predicted molar refractivity (Wildman–Crippen MR) is 595 cm³/mol. The van der Waals surface area contributed by atoms with Crippen LogP contribution in [0.1, 0.15) is 148 Å². The Morgan fingerprint density at radius 2 is 0.831 bits per heavy atom. The summed E-state index contributed by atoms with van der Waals surface area (Å²) in [5.74, 6) is 0.950. The van der Waals surface area contributed by atoms with E-state index in [0.717, 1.165) is 126 Å². The number of fused-ring (bicyclic) bond motifs is 2. The standard InChI is InChI=1S/2C24H21N5O.C14H12O.C11H13ClN2O3.C10H13NO2.C9H10BrN3.C9H9BrO2.C9H11BrO.CH3O.CH3.BrH.ClH.Mg.Na/c2*1-24(2,28-29-25)18-11-9-17(10-12-18)22-19(16-7-5-4-6-8-16)15-20-21(27-22)13-14-26-23(20)30-3;15-14(13-9-5-2-6-10-13)11-12-7-3-1-4-8-12;1-11(2,3)17-10(16)14-8-4-5-13-9(12)7(8)6-15;1-11(13-2)10(12)8-9-6-4-3-5-7-9;1-9(2,12-13-11)7-3-5-8(10)6-4-7;1-2-12-9(11)7-3-5-8(10)6-4-7;1-9(2,11)7-3-5-8(10)6-4-7;1-2;;;;;/h2*4-15H,1-3H3;1-10H,11H2;4-6H,1-3H3,(H,13,14,16);3-7H,8H2,1-2H3;3-6H,1-2H3;3-6H,2H2,1H3;3-6,11H,1-2H3;1H3;1H3;2*1H;;/q;;;;;;;;2*-1;;;+2;+1/p-1. The van der Waals surface area contributed by atoms with Crippen LogP contribution in [0, 0.1) is 7.43 Å². The van der Waals surface area contributed by atoms with E-state index in [4.69, 9.17) is 67.1 Å². The number of hydrogen-bond acceptors (Lipinski definition) is 20. The molecule has 762 valence electrons. The first kappa shape index (κ1) is 132. The van der Waals surface area contributed by atoms with Crippen LogP contribution in [-0.2, 0) is 54.2 Å². The Bertz CT molecular complexity index is 6610. The van der Waals surface area contributed by atoms with Gasteiger partial charge in [-0.05, 0) is 182 Å². The van der Waals surface area contributed by atoms with Crippen molar-refractivity contribution >= 4 is 152 Å². The van der Waals surface area contributed by atoms with Crippen LogP contribution >= 0.6 is 71.8 Å². The van der Waals surface area contributed by atoms with Gasteiger partial charge in [-0.3, -0.25) is 24.5 Å². The number of carbonyl (C=O) groups is 5. The molecule has 0 fully saturated rings. The third-order valence-corrected chi connectivity index (χ3v) is 22.7. The average Bonchev–Trinajstić information content (AvgIpc) is 0.771. The summed E-state index contributed by atoms with van der Waals surface area (Å²) in [5.41, 5.74) is 40.1. The molecule has 0 atom stereocenters. The molecule has 2 N–H and O–H groups in total. The topological polar surface area (TPSA) is 401 Å². The van der Waals surface area contributed by atoms with Crippen LogP contribution < -0.4 is 66.4 Å². The average molecular weight is 2320 g/mol. The number of anilines is 1. The third-order valence-electron chi connectivity index (χ3n) is 20.9. The number of nitrogens with one attached hydrogen (secondary N) is 1. The molecule has 0 aliphatic carbocycles. The van der Waals surface area contributed by atoms with E-state index in [1.807, 2.05) is 290 Å². The van der Waals surface area contributed by atoms with Crippen molar-refractivity contribution in [2.24, 2.45) is 15.3 Å². The quantitative estimate of drug-likeness (QED) is 0.00574. The van der Waals surface area contributed by atoms with Crippen molar-refractivity contribution < 1.29 is 105 Å². The number of benzene rings is 10. The number of likely N-dealkylation sites (N-methyl/N-ethyl adjacent to an activating group) is 1. The van der Waals surface area contributed by atoms with Crippen molar-refractivity contribution in [2.45, 2.75) is 124 Å². The summed E-state index contributed by atoms with van der Waals surface area (Å²) in [6, 6.07) is 97.0. The Morgan fingerprint density at radius 1 is 0.486 bits per heavy atom. The number of ketones is 1. The molecule has 5 heterocycles. The summed E-state index contributed by atoms with van der Waals surface area (Å²) in [7, 11) is 7.05. The zero-order chi connectivity index (χ0) is 105. The Kier molecular flexibility index (Phi) is 58.9. The first-order chi connectivity index (χ1) is 68.3. The molecule has 15 aromatic rings. The van der Waals surface area contributed by atoms with Gasteiger partial charge in [0.25, 0.3) is 0 Å². The fraction of sp³-hybridized carbons (Fsp3) is 0.223. The minimum Gasteiger partial charge on any atom is -1.00 e. The minimum absolute atomic E-state index is 0. The van der Waals surface area contributed by atoms with Gasteiger partial charge in [-0.15, -0.1) is 12.4 Å². The van der Waals surface area contributed by atoms with Gasteiger partial charge in [0.05, 0.1) is 107 Å². The van der Waals surface area contributed by atoms with Crippen LogP contribution in [0.5, 0.6) is 11.8 Å². The monoisotopic (exact) mass is 2310 g/mol. The Balaban J connectivity index is 0.000000585. The number of hydrogen-bond donors (Lipinski definition) is 2. The first-order valence-corrected chi connectivity index (χ1v) is 47.4. The normalized spacial score (nSPS) is 10.2. The molecular formula is C112H117Br4Cl2MgN16NaO12. The molecule has 148 heavy (non-hydrogen) atoms. The second-order valence-electron chi connectivity index (χ2n) is 34.0. The predicted octanol–water partition coefficient (Wildman–Crippen LogP) is 23.1. The Hall–Kier alpha value is -12.3. The van der Waals surface area contributed by atoms with Crippen LogP contribution in [0.4, 0.5) is 10.5 Å². The van der Waals surface area contributed by atoms with Gasteiger partial charge in [0.1, 0.15) is 10.8 Å². The SMILES string of the molecule is CC(C)(C)OC(=O)Nc1ccnc(Cl)c1C=O.CC(C)(N=[N+]=[N-])c1ccc(Br)cc1.CC(C)(O)c1ccc(Br)cc1.CCOC(=O)c1ccc(Br)cc1.CON(C)C(=O)Cc1ccccc1.COc1nccc2nc(-c3ccc(C(C)(C)N=[N+]=[N-])cc3)c(-c3ccccc3)cc12.COc1nccc2nc(-c3ccc(C(C)(C)N=[N+]=[N-])cc3)c(-c3ccccc3)cc12.C[O-].Cl.O=C(Cc1ccccc1)c1ccccc1.[Br-].[CH3-].[Mg+2].[Na+]. The molecule has 28 nitrogen and oxygen atoms in total. The van der Waals surface area contributed by atoms with Crippen LogP contribution in [-0.4, -0.2) is 136 Å². The van der Waals surface area contributed by atoms with E-state index in [1.165, 1.54) is 24.4 Å². The van der Waals surface area contributed by atoms with E-state index in [1.54, 1.807) is 87.3 Å². The number of ether oxygens (including phenoxy) is 4. The number of carbonyl (C=O) groups excluding carboxylic acids is 5. The summed E-state index contributed by atoms with van der Waals surface area (Å²) in [4.78, 5) is 92.4. The number of esters is 1. The van der Waals surface area contributed by atoms with E-state index >= 15 is 0 Å². The summed E-state index contributed by atoms with van der Waals surface area (Å²) in [6.07, 6.45) is 5.53. The molecule has 0 unspecified atom stereocenters. The molecule has 0 aliphatic heterocycles. The number of amides is 2. The molecule has 0 radical (unpaired) electrons. The maximum atomic E-state index is 11.8. The van der Waals surface area contributed by atoms with E-state index in [0.29, 0.717) is 43.1 Å². The second-order valence-corrected chi connectivity index (χ2v) is 37.1. The molecule has 15 rings (SSSR count). The molecule has 10 aromatic carbocycles. The van der Waals surface area contributed by atoms with Crippen molar-refractivity contribution in [1.82, 2.24) is 30.0 Å². The summed E-state index contributed by atoms with van der Waals surface area (Å²) in [5, 5.41) is 34.8. The van der Waals surface area contributed by atoms with Gasteiger partial charge in [-0.25, -0.2) is 39.6 Å². The van der Waals surface area contributed by atoms with Gasteiger partial charge in [0.2, 0.25) is 17.7 Å². The summed E-state index contributed by atoms with van der Waals surface area (Å²) in [6.45, 7) is 22.3.